The molecule has 114 valence electrons. The van der Waals surface area contributed by atoms with E-state index in [1.165, 1.54) is 13.8 Å². The first kappa shape index (κ1) is 17.7. The van der Waals surface area contributed by atoms with Gasteiger partial charge in [-0.3, -0.25) is 14.6 Å². The van der Waals surface area contributed by atoms with E-state index in [0.29, 0.717) is 6.42 Å². The first-order valence-corrected chi connectivity index (χ1v) is 6.09. The Kier molecular flexibility index (Phi) is 7.71. The second-order valence-electron chi connectivity index (χ2n) is 4.27. The number of carbonyl (C=O) groups is 3. The van der Waals surface area contributed by atoms with Gasteiger partial charge >= 0.3 is 5.97 Å². The van der Waals surface area contributed by atoms with Crippen molar-refractivity contribution in [2.45, 2.75) is 38.8 Å². The highest BCUT2D eigenvalue weighted by atomic mass is 16.4. The van der Waals surface area contributed by atoms with Crippen molar-refractivity contribution in [3.05, 3.63) is 0 Å². The number of hydrogen-bond acceptors (Lipinski definition) is 4. The van der Waals surface area contributed by atoms with Gasteiger partial charge in [0.2, 0.25) is 11.8 Å². The highest BCUT2D eigenvalue weighted by Crippen LogP contribution is 1.99. The summed E-state index contributed by atoms with van der Waals surface area (Å²) in [6.45, 7) is 3.02. The number of aliphatic imine (C=N–C) groups is 1. The van der Waals surface area contributed by atoms with Gasteiger partial charge < -0.3 is 27.2 Å². The Hall–Kier alpha value is -2.32. The van der Waals surface area contributed by atoms with Gasteiger partial charge in [0.25, 0.3) is 0 Å². The first-order chi connectivity index (χ1) is 9.23. The molecule has 2 amide bonds. The lowest BCUT2D eigenvalue weighted by Crippen LogP contribution is -2.50. The summed E-state index contributed by atoms with van der Waals surface area (Å²) >= 11 is 0. The van der Waals surface area contributed by atoms with E-state index in [1.54, 1.807) is 0 Å². The third-order valence-electron chi connectivity index (χ3n) is 2.37. The molecule has 9 nitrogen and oxygen atoms in total. The van der Waals surface area contributed by atoms with Crippen molar-refractivity contribution in [3.8, 4) is 0 Å². The summed E-state index contributed by atoms with van der Waals surface area (Å²) in [5.41, 5.74) is 10.3. The lowest BCUT2D eigenvalue weighted by molar-refractivity contribution is -0.142. The number of nitrogens with two attached hydrogens (primary N) is 2. The van der Waals surface area contributed by atoms with Crippen molar-refractivity contribution in [1.29, 1.82) is 0 Å². The second kappa shape index (κ2) is 8.73. The molecule has 0 aromatic heterocycles. The van der Waals surface area contributed by atoms with Gasteiger partial charge in [-0.25, -0.2) is 4.79 Å². The van der Waals surface area contributed by atoms with E-state index >= 15 is 0 Å². The van der Waals surface area contributed by atoms with Crippen LogP contribution in [0.4, 0.5) is 0 Å². The molecule has 0 bridgehead atoms. The molecular formula is C11H21N5O4. The van der Waals surface area contributed by atoms with Crippen LogP contribution in [-0.4, -0.2) is 47.5 Å². The van der Waals surface area contributed by atoms with Gasteiger partial charge in [-0.1, -0.05) is 0 Å². The molecule has 0 aromatic rings. The van der Waals surface area contributed by atoms with E-state index in [-0.39, 0.29) is 24.8 Å². The average Bonchev–Trinajstić information content (AvgIpc) is 2.31. The molecule has 0 saturated heterocycles. The number of amides is 2. The zero-order valence-corrected chi connectivity index (χ0v) is 11.5. The van der Waals surface area contributed by atoms with Crippen LogP contribution in [-0.2, 0) is 14.4 Å². The molecular weight excluding hydrogens is 266 g/mol. The van der Waals surface area contributed by atoms with Crippen molar-refractivity contribution in [1.82, 2.24) is 10.6 Å². The Morgan fingerprint density at radius 2 is 1.85 bits per heavy atom. The summed E-state index contributed by atoms with van der Waals surface area (Å²) in [6, 6.07) is -1.85. The fraction of sp³-hybridized carbons (Fsp3) is 0.636. The molecule has 20 heavy (non-hydrogen) atoms. The minimum atomic E-state index is -1.15. The Labute approximate surface area is 116 Å². The lowest BCUT2D eigenvalue weighted by Gasteiger charge is -2.18. The smallest absolute Gasteiger partial charge is 0.326 e. The summed E-state index contributed by atoms with van der Waals surface area (Å²) in [5, 5.41) is 13.7. The molecule has 0 rings (SSSR count). The molecule has 7 N–H and O–H groups in total. The van der Waals surface area contributed by atoms with Crippen LogP contribution in [0.5, 0.6) is 0 Å². The fourth-order valence-electron chi connectivity index (χ4n) is 1.43. The second-order valence-corrected chi connectivity index (χ2v) is 4.27. The molecule has 0 aliphatic heterocycles. The summed E-state index contributed by atoms with van der Waals surface area (Å²) < 4.78 is 0. The number of carbonyl (C=O) groups excluding carboxylic acids is 2. The van der Waals surface area contributed by atoms with Crippen LogP contribution in [0.15, 0.2) is 4.99 Å². The number of carboxylic acids is 1. The topological polar surface area (TPSA) is 160 Å². The molecule has 0 heterocycles. The normalized spacial score (nSPS) is 12.9. The molecule has 2 atom stereocenters. The number of aliphatic carboxylic acids is 1. The zero-order chi connectivity index (χ0) is 15.7. The molecule has 0 saturated carbocycles. The van der Waals surface area contributed by atoms with Crippen LogP contribution in [0.3, 0.4) is 0 Å². The minimum absolute atomic E-state index is 0.0693. The maximum absolute atomic E-state index is 11.7. The molecule has 0 unspecified atom stereocenters. The van der Waals surface area contributed by atoms with Gasteiger partial charge in [-0.2, -0.15) is 0 Å². The number of hydrogen-bond donors (Lipinski definition) is 5. The van der Waals surface area contributed by atoms with E-state index in [1.807, 2.05) is 0 Å². The summed E-state index contributed by atoms with van der Waals surface area (Å²) in [7, 11) is 0. The number of guanidine groups is 1. The predicted molar refractivity (Wildman–Crippen MR) is 72.8 cm³/mol. The third-order valence-corrected chi connectivity index (χ3v) is 2.37. The van der Waals surface area contributed by atoms with Gasteiger partial charge in [0, 0.05) is 13.5 Å². The van der Waals surface area contributed by atoms with Gasteiger partial charge in [0.05, 0.1) is 0 Å². The maximum Gasteiger partial charge on any atom is 0.326 e. The fourth-order valence-corrected chi connectivity index (χ4v) is 1.43. The van der Waals surface area contributed by atoms with Crippen molar-refractivity contribution < 1.29 is 19.5 Å². The predicted octanol–water partition coefficient (Wildman–Crippen LogP) is -1.87. The van der Waals surface area contributed by atoms with Crippen molar-refractivity contribution in [2.24, 2.45) is 16.5 Å². The van der Waals surface area contributed by atoms with Gasteiger partial charge in [0.1, 0.15) is 12.1 Å². The van der Waals surface area contributed by atoms with E-state index in [2.05, 4.69) is 15.6 Å². The monoisotopic (exact) mass is 287 g/mol. The van der Waals surface area contributed by atoms with Crippen LogP contribution < -0.4 is 22.1 Å². The standard InChI is InChI=1S/C11H21N5O4/c1-6(15-7(2)17)9(18)16-8(10(19)20)4-3-5-14-11(12)13/h6,8H,3-5H2,1-2H3,(H,15,17)(H,16,18)(H,19,20)(H4,12,13,14)/t6-,8-/m0/s1. The number of nitrogens with zero attached hydrogens (tertiary/aromatic N) is 1. The third kappa shape index (κ3) is 7.90. The molecule has 0 aromatic carbocycles. The number of carboxylic acid groups (broad SMARTS) is 1. The Morgan fingerprint density at radius 1 is 1.25 bits per heavy atom. The van der Waals surface area contributed by atoms with Crippen molar-refractivity contribution >= 4 is 23.7 Å². The first-order valence-electron chi connectivity index (χ1n) is 6.09. The molecule has 9 heteroatoms. The van der Waals surface area contributed by atoms with Crippen molar-refractivity contribution in [3.63, 3.8) is 0 Å². The van der Waals surface area contributed by atoms with E-state index < -0.39 is 24.0 Å². The highest BCUT2D eigenvalue weighted by Gasteiger charge is 2.22. The Balaban J connectivity index is 4.33. The van der Waals surface area contributed by atoms with Crippen LogP contribution in [0.2, 0.25) is 0 Å². The lowest BCUT2D eigenvalue weighted by atomic mass is 10.1. The van der Waals surface area contributed by atoms with E-state index in [0.717, 1.165) is 0 Å². The van der Waals surface area contributed by atoms with Crippen molar-refractivity contribution in [2.75, 3.05) is 6.54 Å². The summed E-state index contributed by atoms with van der Waals surface area (Å²) in [6.07, 6.45) is 0.592. The Bertz CT molecular complexity index is 392. The summed E-state index contributed by atoms with van der Waals surface area (Å²) in [5.74, 6) is -2.15. The molecule has 0 aliphatic carbocycles. The van der Waals surface area contributed by atoms with Crippen LogP contribution in [0, 0.1) is 0 Å². The zero-order valence-electron chi connectivity index (χ0n) is 11.5. The van der Waals surface area contributed by atoms with Crippen LogP contribution in [0.1, 0.15) is 26.7 Å². The molecule has 0 spiro atoms. The largest absolute Gasteiger partial charge is 0.480 e. The van der Waals surface area contributed by atoms with Gasteiger partial charge in [0.15, 0.2) is 5.96 Å². The average molecular weight is 287 g/mol. The Morgan fingerprint density at radius 3 is 2.30 bits per heavy atom. The molecule has 0 aliphatic rings. The van der Waals surface area contributed by atoms with E-state index in [9.17, 15) is 14.4 Å². The molecule has 0 fully saturated rings. The number of rotatable bonds is 8. The van der Waals surface area contributed by atoms with Crippen LogP contribution in [0.25, 0.3) is 0 Å². The minimum Gasteiger partial charge on any atom is -0.480 e. The number of nitrogens with one attached hydrogen (secondary N) is 2. The van der Waals surface area contributed by atoms with Crippen LogP contribution >= 0.6 is 0 Å². The molecule has 0 radical (unpaired) electrons. The van der Waals surface area contributed by atoms with E-state index in [4.69, 9.17) is 16.6 Å². The maximum atomic E-state index is 11.7. The quantitative estimate of drug-likeness (QED) is 0.200. The summed E-state index contributed by atoms with van der Waals surface area (Å²) in [4.78, 5) is 37.2. The highest BCUT2D eigenvalue weighted by molar-refractivity contribution is 5.89. The SMILES string of the molecule is CC(=O)N[C@@H](C)C(=O)N[C@@H](CCCN=C(N)N)C(=O)O. The van der Waals surface area contributed by atoms with Gasteiger partial charge in [-0.15, -0.1) is 0 Å². The van der Waals surface area contributed by atoms with Gasteiger partial charge in [-0.05, 0) is 19.8 Å².